The first-order valence-electron chi connectivity index (χ1n) is 3.17. The molecule has 1 aromatic heterocycles. The summed E-state index contributed by atoms with van der Waals surface area (Å²) in [7, 11) is 0. The van der Waals surface area contributed by atoms with Gasteiger partial charge in [-0.25, -0.2) is 0 Å². The summed E-state index contributed by atoms with van der Waals surface area (Å²) in [5.41, 5.74) is 0. The number of hydrogen-bond donors (Lipinski definition) is 0. The summed E-state index contributed by atoms with van der Waals surface area (Å²) < 4.78 is 2.03. The molecule has 3 heteroatoms. The molecule has 0 aliphatic carbocycles. The Morgan fingerprint density at radius 2 is 2.18 bits per heavy atom. The Hall–Kier alpha value is 0.314. The van der Waals surface area contributed by atoms with Gasteiger partial charge in [0.2, 0.25) is 0 Å². The van der Waals surface area contributed by atoms with Crippen LogP contribution >= 0.6 is 0 Å². The molecule has 1 rings (SSSR count). The van der Waals surface area contributed by atoms with Gasteiger partial charge >= 0.3 is 0 Å². The van der Waals surface area contributed by atoms with Gasteiger partial charge in [0.05, 0.1) is 0 Å². The van der Waals surface area contributed by atoms with Gasteiger partial charge in [0.15, 0.2) is 0 Å². The van der Waals surface area contributed by atoms with Crippen LogP contribution in [0.3, 0.4) is 0 Å². The van der Waals surface area contributed by atoms with E-state index in [1.165, 1.54) is 0 Å². The van der Waals surface area contributed by atoms with E-state index in [0.717, 1.165) is 6.54 Å². The monoisotopic (exact) mass is 227 g/mol. The molecule has 0 fully saturated rings. The zero-order valence-corrected chi connectivity index (χ0v) is 10.2. The van der Waals surface area contributed by atoms with Crippen molar-refractivity contribution < 1.29 is 32.7 Å². The summed E-state index contributed by atoms with van der Waals surface area (Å²) in [5, 5.41) is 0. The van der Waals surface area contributed by atoms with Crippen LogP contribution in [0.15, 0.2) is 12.5 Å². The normalized spacial score (nSPS) is 8.64. The Labute approximate surface area is 94.3 Å². The minimum Gasteiger partial charge on any atom is -0.442 e. The zero-order valence-electron chi connectivity index (χ0n) is 7.41. The van der Waals surface area contributed by atoms with Crippen molar-refractivity contribution in [2.45, 2.75) is 20.4 Å². The van der Waals surface area contributed by atoms with Gasteiger partial charge in [-0.15, -0.1) is 6.20 Å². The fraction of sp³-hybridized carbons (Fsp3) is 0.500. The van der Waals surface area contributed by atoms with E-state index in [9.17, 15) is 0 Å². The Balaban J connectivity index is 0. The Morgan fingerprint density at radius 3 is 2.55 bits per heavy atom. The zero-order chi connectivity index (χ0) is 6.69. The molecule has 61 valence electrons. The summed E-state index contributed by atoms with van der Waals surface area (Å²) in [4.78, 5) is 3.81. The van der Waals surface area contributed by atoms with Crippen molar-refractivity contribution in [3.8, 4) is 0 Å². The number of aromatic nitrogens is 2. The fourth-order valence-corrected chi connectivity index (χ4v) is 0.770. The van der Waals surface area contributed by atoms with Crippen LogP contribution in [0.1, 0.15) is 13.8 Å². The largest absolute Gasteiger partial charge is 0.442 e. The number of imidazole rings is 1. The molecule has 0 spiro atoms. The van der Waals surface area contributed by atoms with Crippen LogP contribution in [0.5, 0.6) is 0 Å². The van der Waals surface area contributed by atoms with Crippen LogP contribution in [0.4, 0.5) is 0 Å². The summed E-state index contributed by atoms with van der Waals surface area (Å²) in [6.07, 6.45) is 6.40. The van der Waals surface area contributed by atoms with Gasteiger partial charge in [-0.2, -0.15) is 0 Å². The van der Waals surface area contributed by atoms with Crippen LogP contribution in [0, 0.1) is 19.5 Å². The quantitative estimate of drug-likeness (QED) is 0.704. The molecule has 1 radical (unpaired) electrons. The van der Waals surface area contributed by atoms with E-state index in [2.05, 4.69) is 25.0 Å². The van der Waals surface area contributed by atoms with Crippen molar-refractivity contribution in [1.82, 2.24) is 9.55 Å². The second-order valence-corrected chi connectivity index (χ2v) is 2.59. The van der Waals surface area contributed by atoms with Crippen LogP contribution in [0.25, 0.3) is 0 Å². The average molecular weight is 227 g/mol. The average Bonchev–Trinajstić information content (AvgIpc) is 2.15. The molecule has 0 N–H and O–H groups in total. The molecule has 1 aromatic rings. The third kappa shape index (κ3) is 5.57. The molecule has 0 amide bonds. The van der Waals surface area contributed by atoms with E-state index in [1.807, 2.05) is 10.8 Å². The van der Waals surface area contributed by atoms with E-state index in [4.69, 9.17) is 0 Å². The summed E-state index contributed by atoms with van der Waals surface area (Å²) in [6, 6.07) is 0. The molecular weight excluding hydrogens is 213 g/mol. The first kappa shape index (κ1) is 13.9. The van der Waals surface area contributed by atoms with E-state index < -0.39 is 0 Å². The second-order valence-electron chi connectivity index (χ2n) is 2.59. The van der Waals surface area contributed by atoms with Crippen molar-refractivity contribution in [1.29, 1.82) is 0 Å². The number of hydrogen-bond acceptors (Lipinski definition) is 1. The van der Waals surface area contributed by atoms with E-state index in [-0.39, 0.29) is 40.1 Å². The number of rotatable bonds is 2. The molecule has 0 bridgehead atoms. The molecule has 0 saturated carbocycles. The van der Waals surface area contributed by atoms with Crippen LogP contribution < -0.4 is 0 Å². The third-order valence-electron chi connectivity index (χ3n) is 1.08. The maximum atomic E-state index is 3.81. The second kappa shape index (κ2) is 6.99. The Bertz CT molecular complexity index is 159. The summed E-state index contributed by atoms with van der Waals surface area (Å²) in [5.74, 6) is 0.688. The molecule has 0 atom stereocenters. The van der Waals surface area contributed by atoms with Gasteiger partial charge in [0.25, 0.3) is 0 Å². The molecule has 0 saturated heterocycles. The van der Waals surface area contributed by atoms with Crippen molar-refractivity contribution in [3.05, 3.63) is 26.1 Å². The standard InChI is InChI=1S/C7H11N2.CH3.Y/c1-7(2)5-9-4-3-8-6-9;;/h4,6-7H,5H2,1-2H3;1H3;/q2*-1;. The Kier molecular flexibility index (Phi) is 8.82. The maximum Gasteiger partial charge on any atom is 0.00651 e. The van der Waals surface area contributed by atoms with E-state index in [0.29, 0.717) is 5.92 Å². The molecule has 0 unspecified atom stereocenters. The smallest absolute Gasteiger partial charge is 0.00651 e. The molecular formula is C8H14N2Y-2. The van der Waals surface area contributed by atoms with Crippen molar-refractivity contribution >= 4 is 0 Å². The topological polar surface area (TPSA) is 17.8 Å². The van der Waals surface area contributed by atoms with Crippen LogP contribution in [-0.2, 0) is 39.3 Å². The molecule has 2 nitrogen and oxygen atoms in total. The van der Waals surface area contributed by atoms with E-state index in [1.54, 1.807) is 6.33 Å². The minimum atomic E-state index is 0. The van der Waals surface area contributed by atoms with Gasteiger partial charge in [-0.05, 0) is 5.92 Å². The SMILES string of the molecule is CC(C)Cn1c[c-]nc1.[CH3-].[Y]. The molecule has 1 heterocycles. The first-order valence-corrected chi connectivity index (χ1v) is 3.17. The minimum absolute atomic E-state index is 0. The molecule has 11 heavy (non-hydrogen) atoms. The van der Waals surface area contributed by atoms with Gasteiger partial charge in [-0.3, -0.25) is 0 Å². The summed E-state index contributed by atoms with van der Waals surface area (Å²) >= 11 is 0. The summed E-state index contributed by atoms with van der Waals surface area (Å²) in [6.45, 7) is 5.40. The Morgan fingerprint density at radius 1 is 1.55 bits per heavy atom. The molecule has 0 aromatic carbocycles. The molecule has 0 aliphatic rings. The van der Waals surface area contributed by atoms with Crippen LogP contribution in [0.2, 0.25) is 0 Å². The fourth-order valence-electron chi connectivity index (χ4n) is 0.770. The first-order chi connectivity index (χ1) is 4.29. The van der Waals surface area contributed by atoms with Gasteiger partial charge in [0.1, 0.15) is 0 Å². The van der Waals surface area contributed by atoms with Crippen molar-refractivity contribution in [3.63, 3.8) is 0 Å². The predicted molar refractivity (Wildman–Crippen MR) is 42.3 cm³/mol. The number of nitrogens with zero attached hydrogens (tertiary/aromatic N) is 2. The van der Waals surface area contributed by atoms with Crippen molar-refractivity contribution in [2.75, 3.05) is 0 Å². The van der Waals surface area contributed by atoms with Gasteiger partial charge < -0.3 is 17.0 Å². The van der Waals surface area contributed by atoms with Gasteiger partial charge in [0, 0.05) is 39.3 Å². The maximum absolute atomic E-state index is 3.81. The van der Waals surface area contributed by atoms with Gasteiger partial charge in [-0.1, -0.05) is 26.4 Å². The third-order valence-corrected chi connectivity index (χ3v) is 1.08. The molecule has 0 aliphatic heterocycles. The van der Waals surface area contributed by atoms with E-state index >= 15 is 0 Å². The van der Waals surface area contributed by atoms with Crippen molar-refractivity contribution in [2.24, 2.45) is 5.92 Å². The van der Waals surface area contributed by atoms with Crippen LogP contribution in [-0.4, -0.2) is 9.55 Å². The predicted octanol–water partition coefficient (Wildman–Crippen LogP) is 1.79.